The third kappa shape index (κ3) is 38.4. The van der Waals surface area contributed by atoms with E-state index in [1.165, 1.54) is 66.6 Å². The van der Waals surface area contributed by atoms with Crippen molar-refractivity contribution >= 4 is 133 Å². The molecule has 0 bridgehead atoms. The van der Waals surface area contributed by atoms with E-state index < -0.39 is 94.0 Å². The molecule has 13 aromatic rings. The number of hydrogen-bond acceptors (Lipinski definition) is 25. The Hall–Kier alpha value is -13.5. The lowest BCUT2D eigenvalue weighted by molar-refractivity contribution is 0.0264. The average molecular weight is 2060 g/mol. The second-order valence-corrected chi connectivity index (χ2v) is 43.0. The molecule has 0 fully saturated rings. The second-order valence-electron chi connectivity index (χ2n) is 37.8. The molecular weight excluding hydrogens is 1920 g/mol. The molecule has 0 spiro atoms. The number of halogens is 2. The van der Waals surface area contributed by atoms with Gasteiger partial charge < -0.3 is 97.5 Å². The number of aliphatic hydroxyl groups is 1. The first-order valence-corrected chi connectivity index (χ1v) is 49.4. The fraction of sp³-hybridized carbons (Fsp3) is 0.385. The maximum Gasteiger partial charge on any atom is 0.420 e. The van der Waals surface area contributed by atoms with E-state index in [1.807, 2.05) is 161 Å². The summed E-state index contributed by atoms with van der Waals surface area (Å²) in [7, 11) is -3.76. The number of nitrogens with one attached hydrogen (secondary N) is 4. The van der Waals surface area contributed by atoms with Crippen LogP contribution in [-0.2, 0) is 58.3 Å². The van der Waals surface area contributed by atoms with Crippen LogP contribution in [0.4, 0.5) is 32.7 Å². The minimum atomic E-state index is -4.50. The van der Waals surface area contributed by atoms with E-state index in [-0.39, 0.29) is 88.3 Å². The molecule has 0 saturated carbocycles. The maximum atomic E-state index is 13.6. The summed E-state index contributed by atoms with van der Waals surface area (Å²) >= 11 is 0. The first-order chi connectivity index (χ1) is 65.8. The zero-order valence-electron chi connectivity index (χ0n) is 84.6. The molecule has 0 atom stereocenters. The molecule has 0 aliphatic rings. The lowest BCUT2D eigenvalue weighted by atomic mass is 10.2. The molecule has 5 heterocycles. The molecular formula is C104H138ClFN10O24S3. The summed E-state index contributed by atoms with van der Waals surface area (Å²) in [5, 5.41) is 25.0. The van der Waals surface area contributed by atoms with E-state index in [4.69, 9.17) is 52.5 Å². The number of nitrogens with zero attached hydrogens (tertiary/aromatic N) is 6. The van der Waals surface area contributed by atoms with Crippen molar-refractivity contribution in [1.29, 1.82) is 0 Å². The quantitative estimate of drug-likeness (QED) is 0.0197. The number of aromatic hydroxyl groups is 1. The van der Waals surface area contributed by atoms with E-state index in [1.54, 1.807) is 188 Å². The number of carbonyl (C=O) groups is 6. The molecule has 0 saturated heterocycles. The van der Waals surface area contributed by atoms with Gasteiger partial charge in [0.05, 0.1) is 57.5 Å². The lowest BCUT2D eigenvalue weighted by Gasteiger charge is -2.24. The number of phenolic OH excluding ortho intramolecular Hbond substituents is 1. The van der Waals surface area contributed by atoms with Crippen molar-refractivity contribution in [2.24, 2.45) is 0 Å². The first-order valence-electron chi connectivity index (χ1n) is 45.1. The van der Waals surface area contributed by atoms with E-state index in [0.29, 0.717) is 73.1 Å². The smallest absolute Gasteiger partial charge is 0.420 e. The van der Waals surface area contributed by atoms with Gasteiger partial charge in [-0.25, -0.2) is 54.7 Å². The highest BCUT2D eigenvalue weighted by Gasteiger charge is 2.33. The number of ether oxygens (including phenoxy) is 10. The number of fused-ring (bicyclic) bond motifs is 5. The number of aromatic amines is 3. The molecule has 6 N–H and O–H groups in total. The Morgan fingerprint density at radius 3 is 1.16 bits per heavy atom. The molecule has 34 nitrogen and oxygen atoms in total. The molecule has 5 aromatic heterocycles. The van der Waals surface area contributed by atoms with E-state index in [2.05, 4.69) is 20.3 Å². The largest absolute Gasteiger partial charge is 0.506 e. The molecule has 143 heavy (non-hydrogen) atoms. The zero-order chi connectivity index (χ0) is 105. The standard InChI is InChI=1S/C27H34N2O7S.C21H30N2O5.C17H18N2O3S.C16H22N2O3.C8H17NO3.C8H7NO.C6H5FO2S.CH4.ClH/c1-26(2,3)35-24(30)28(7)16-17-34-21-15-11-12-19-18-22(37(32,33)20-13-9-8-10-14-20)29(23(19)21)25(31)36-27(4,5)6;1-20(2,3)27-18(24)22(7)13-14-26-16-10-8-9-15-11-12-23(17(15)16)19(25)28-21(4,5)6;1-18-10-11-22-15-9-5-6-13-12-16(19-17(13)15)23(20,21)14-7-3-2-4-8-14;1-16(2,3)21-15(19)18(4)10-11-20-13-7-5-6-12-8-9-17-14(12)13;1-8(2,3)12-7(11)9(4)5-6-10;10-7-3-1-2-6-4-5-9-8(6)7;7-10(8,9)6-4-2-1-3-5-6;;/h8-15,18H,16-17H2,1-7H3;8-12H,13-14H2,1-7H3;2-9,12,18-19H,10-11H2,1H3;5-9,17H,10-11H2,1-4H3;10H,5-6H2,1-4H3;1-5,9-10H;1-5H;1H4;1H. The summed E-state index contributed by atoms with van der Waals surface area (Å²) in [5.74, 6) is 2.56. The van der Waals surface area contributed by atoms with Crippen LogP contribution in [0.5, 0.6) is 28.7 Å². The van der Waals surface area contributed by atoms with Gasteiger partial charge in [-0.1, -0.05) is 123 Å². The van der Waals surface area contributed by atoms with Crippen LogP contribution in [-0.4, -0.2) is 250 Å². The average Bonchev–Trinajstić information content (AvgIpc) is 1.58. The minimum Gasteiger partial charge on any atom is -0.506 e. The van der Waals surface area contributed by atoms with Gasteiger partial charge in [-0.3, -0.25) is 0 Å². The van der Waals surface area contributed by atoms with Crippen molar-refractivity contribution in [2.75, 3.05) is 101 Å². The molecule has 0 radical (unpaired) electrons. The second kappa shape index (κ2) is 53.0. The Bertz CT molecular complexity index is 6650. The number of phenols is 1. The van der Waals surface area contributed by atoms with Crippen molar-refractivity contribution in [1.82, 2.24) is 49.0 Å². The monoisotopic (exact) mass is 2060 g/mol. The highest BCUT2D eigenvalue weighted by atomic mass is 35.5. The van der Waals surface area contributed by atoms with Crippen LogP contribution >= 0.6 is 12.4 Å². The van der Waals surface area contributed by atoms with Crippen LogP contribution in [0.1, 0.15) is 132 Å². The summed E-state index contributed by atoms with van der Waals surface area (Å²) in [6.45, 7) is 35.6. The van der Waals surface area contributed by atoms with Gasteiger partial charge in [-0.2, -0.15) is 8.42 Å². The van der Waals surface area contributed by atoms with Gasteiger partial charge in [-0.05, 0) is 229 Å². The molecule has 13 rings (SSSR count). The van der Waals surface area contributed by atoms with Crippen LogP contribution in [0.15, 0.2) is 256 Å². The van der Waals surface area contributed by atoms with Crippen molar-refractivity contribution < 1.29 is 115 Å². The number of benzene rings is 8. The number of aromatic nitrogens is 5. The SMILES string of the molecule is C.CN(CCO)C(=O)OC(C)(C)C.CN(CCOc1cccc2cc(S(=O)(=O)c3ccccc3)n(C(=O)OC(C)(C)C)c12)C(=O)OC(C)(C)C.CN(CCOc1cccc2cc[nH]c12)C(=O)OC(C)(C)C.CN(CCOc1cccc2ccn(C(=O)OC(C)(C)C)c12)C(=O)OC(C)(C)C.CNCCOc1cccc2cc(S(=O)(=O)c3ccccc3)[nH]c12.Cl.O=S(=O)(F)c1ccccc1.Oc1cccc2cc[nH]c12. The Balaban J connectivity index is 0.000000306. The van der Waals surface area contributed by atoms with Crippen LogP contribution in [0.25, 0.3) is 54.5 Å². The summed E-state index contributed by atoms with van der Waals surface area (Å²) in [4.78, 5) is 87.9. The number of rotatable bonds is 23. The fourth-order valence-electron chi connectivity index (χ4n) is 12.4. The van der Waals surface area contributed by atoms with Crippen molar-refractivity contribution in [3.63, 3.8) is 0 Å². The topological polar surface area (TPSA) is 420 Å². The van der Waals surface area contributed by atoms with Gasteiger partial charge >= 0.3 is 46.8 Å². The first kappa shape index (κ1) is 120. The van der Waals surface area contributed by atoms with Crippen LogP contribution in [0.3, 0.4) is 0 Å². The molecule has 39 heteroatoms. The Kier molecular flexibility index (Phi) is 44.5. The van der Waals surface area contributed by atoms with Gasteiger partial charge in [0.15, 0.2) is 5.03 Å². The van der Waals surface area contributed by atoms with E-state index >= 15 is 0 Å². The summed E-state index contributed by atoms with van der Waals surface area (Å²) in [6, 6.07) is 59.5. The van der Waals surface area contributed by atoms with Gasteiger partial charge in [0.1, 0.15) is 105 Å². The van der Waals surface area contributed by atoms with Crippen molar-refractivity contribution in [3.8, 4) is 28.7 Å². The number of carbonyl (C=O) groups excluding carboxylic acids is 6. The number of sulfone groups is 2. The summed E-state index contributed by atoms with van der Waals surface area (Å²) in [6.07, 6.45) is 2.38. The van der Waals surface area contributed by atoms with Crippen LogP contribution in [0.2, 0.25) is 0 Å². The number of aliphatic hydroxyl groups excluding tert-OH is 1. The zero-order valence-corrected chi connectivity index (χ0v) is 87.8. The highest BCUT2D eigenvalue weighted by Crippen LogP contribution is 2.37. The molecule has 0 aliphatic carbocycles. The fourth-order valence-corrected chi connectivity index (χ4v) is 15.6. The number of amides is 4. The lowest BCUT2D eigenvalue weighted by Crippen LogP contribution is -2.36. The Morgan fingerprint density at radius 1 is 0.385 bits per heavy atom. The van der Waals surface area contributed by atoms with E-state index in [0.717, 1.165) is 42.9 Å². The van der Waals surface area contributed by atoms with Crippen LogP contribution < -0.4 is 24.3 Å². The molecule has 0 unspecified atom stereocenters. The molecule has 0 aliphatic heterocycles. The summed E-state index contributed by atoms with van der Waals surface area (Å²) < 4.78 is 143. The Labute approximate surface area is 843 Å². The van der Waals surface area contributed by atoms with Crippen molar-refractivity contribution in [2.45, 2.75) is 190 Å². The molecule has 4 amide bonds. The van der Waals surface area contributed by atoms with Crippen LogP contribution in [0, 0.1) is 0 Å². The Morgan fingerprint density at radius 2 is 0.741 bits per heavy atom. The number of H-pyrrole nitrogens is 3. The van der Waals surface area contributed by atoms with Gasteiger partial charge in [0.25, 0.3) is 0 Å². The normalized spacial score (nSPS) is 11.5. The minimum absolute atomic E-state index is 0. The van der Waals surface area contributed by atoms with E-state index in [9.17, 15) is 63.0 Å². The van der Waals surface area contributed by atoms with Gasteiger partial charge in [-0.15, -0.1) is 16.3 Å². The maximum absolute atomic E-state index is 13.6. The number of likely N-dealkylation sites (N-methyl/N-ethyl adjacent to an activating group) is 5. The predicted molar refractivity (Wildman–Crippen MR) is 555 cm³/mol. The molecule has 780 valence electrons. The predicted octanol–water partition coefficient (Wildman–Crippen LogP) is 21.3. The third-order valence-electron chi connectivity index (χ3n) is 18.9. The van der Waals surface area contributed by atoms with Gasteiger partial charge in [0.2, 0.25) is 19.7 Å². The summed E-state index contributed by atoms with van der Waals surface area (Å²) in [5.41, 5.74) is -0.241. The number of para-hydroxylation sites is 5. The van der Waals surface area contributed by atoms with Gasteiger partial charge in [0, 0.05) is 86.8 Å². The van der Waals surface area contributed by atoms with Crippen molar-refractivity contribution in [3.05, 3.63) is 231 Å². The highest BCUT2D eigenvalue weighted by molar-refractivity contribution is 7.91. The third-order valence-corrected chi connectivity index (χ3v) is 23.2. The number of hydrogen-bond donors (Lipinski definition) is 6. The molecule has 8 aromatic carbocycles.